The van der Waals surface area contributed by atoms with Gasteiger partial charge in [0, 0.05) is 19.6 Å². The minimum atomic E-state index is 0.0932. The van der Waals surface area contributed by atoms with E-state index in [1.807, 2.05) is 11.9 Å². The molecule has 1 N–H and O–H groups in total. The van der Waals surface area contributed by atoms with Crippen molar-refractivity contribution in [2.45, 2.75) is 51.6 Å². The number of amides is 1. The Labute approximate surface area is 98.6 Å². The lowest BCUT2D eigenvalue weighted by molar-refractivity contribution is -0.128. The van der Waals surface area contributed by atoms with E-state index in [1.165, 1.54) is 19.3 Å². The van der Waals surface area contributed by atoms with Gasteiger partial charge in [0.1, 0.15) is 0 Å². The summed E-state index contributed by atoms with van der Waals surface area (Å²) < 4.78 is 0. The SMILES string of the molecule is CC1CCC(NC2CCN(C)C2=O)CC1C. The summed E-state index contributed by atoms with van der Waals surface area (Å²) in [5.41, 5.74) is 0. The van der Waals surface area contributed by atoms with Gasteiger partial charge in [-0.25, -0.2) is 0 Å². The highest BCUT2D eigenvalue weighted by Gasteiger charge is 2.32. The molecule has 1 heterocycles. The Bertz CT molecular complexity index is 267. The van der Waals surface area contributed by atoms with Gasteiger partial charge >= 0.3 is 0 Å². The maximum atomic E-state index is 11.8. The fraction of sp³-hybridized carbons (Fsp3) is 0.923. The van der Waals surface area contributed by atoms with Gasteiger partial charge in [-0.05, 0) is 37.5 Å². The van der Waals surface area contributed by atoms with Crippen LogP contribution in [0.1, 0.15) is 39.5 Å². The summed E-state index contributed by atoms with van der Waals surface area (Å²) in [6.07, 6.45) is 4.75. The van der Waals surface area contributed by atoms with Crippen LogP contribution in [0.2, 0.25) is 0 Å². The molecule has 2 aliphatic rings. The van der Waals surface area contributed by atoms with Crippen molar-refractivity contribution >= 4 is 5.91 Å². The van der Waals surface area contributed by atoms with Crippen molar-refractivity contribution in [3.05, 3.63) is 0 Å². The van der Waals surface area contributed by atoms with E-state index >= 15 is 0 Å². The Morgan fingerprint density at radius 3 is 2.50 bits per heavy atom. The van der Waals surface area contributed by atoms with Gasteiger partial charge in [0.25, 0.3) is 0 Å². The van der Waals surface area contributed by atoms with Gasteiger partial charge in [-0.15, -0.1) is 0 Å². The minimum Gasteiger partial charge on any atom is -0.344 e. The Balaban J connectivity index is 1.84. The van der Waals surface area contributed by atoms with Crippen LogP contribution in [0, 0.1) is 11.8 Å². The molecule has 1 saturated carbocycles. The van der Waals surface area contributed by atoms with Crippen molar-refractivity contribution in [2.75, 3.05) is 13.6 Å². The first-order valence-electron chi connectivity index (χ1n) is 6.59. The first-order chi connectivity index (χ1) is 7.58. The Kier molecular flexibility index (Phi) is 3.53. The van der Waals surface area contributed by atoms with Crippen LogP contribution >= 0.6 is 0 Å². The number of likely N-dealkylation sites (N-methyl/N-ethyl adjacent to an activating group) is 1. The molecule has 1 amide bonds. The second-order valence-electron chi connectivity index (χ2n) is 5.73. The van der Waals surface area contributed by atoms with Crippen molar-refractivity contribution in [1.82, 2.24) is 10.2 Å². The predicted molar refractivity (Wildman–Crippen MR) is 65.1 cm³/mol. The number of nitrogens with zero attached hydrogens (tertiary/aromatic N) is 1. The zero-order valence-corrected chi connectivity index (χ0v) is 10.7. The summed E-state index contributed by atoms with van der Waals surface area (Å²) in [5.74, 6) is 1.92. The summed E-state index contributed by atoms with van der Waals surface area (Å²) in [4.78, 5) is 13.6. The summed E-state index contributed by atoms with van der Waals surface area (Å²) in [7, 11) is 1.90. The molecule has 2 fully saturated rings. The average Bonchev–Trinajstić information content (AvgIpc) is 2.55. The molecule has 1 aliphatic heterocycles. The van der Waals surface area contributed by atoms with Crippen molar-refractivity contribution in [2.24, 2.45) is 11.8 Å². The van der Waals surface area contributed by atoms with Crippen LogP contribution in [0.4, 0.5) is 0 Å². The van der Waals surface area contributed by atoms with E-state index in [4.69, 9.17) is 0 Å². The normalized spacial score (nSPS) is 40.4. The van der Waals surface area contributed by atoms with Crippen LogP contribution in [-0.4, -0.2) is 36.5 Å². The van der Waals surface area contributed by atoms with Crippen LogP contribution in [0.25, 0.3) is 0 Å². The van der Waals surface area contributed by atoms with E-state index in [0.29, 0.717) is 6.04 Å². The lowest BCUT2D eigenvalue weighted by Crippen LogP contribution is -2.45. The minimum absolute atomic E-state index is 0.0932. The monoisotopic (exact) mass is 224 g/mol. The topological polar surface area (TPSA) is 32.3 Å². The number of carbonyl (C=O) groups is 1. The molecule has 4 atom stereocenters. The number of hydrogen-bond donors (Lipinski definition) is 1. The third-order valence-corrected chi connectivity index (χ3v) is 4.46. The number of rotatable bonds is 2. The first kappa shape index (κ1) is 11.9. The van der Waals surface area contributed by atoms with Crippen molar-refractivity contribution in [3.63, 3.8) is 0 Å². The summed E-state index contributed by atoms with van der Waals surface area (Å²) >= 11 is 0. The van der Waals surface area contributed by atoms with Crippen LogP contribution in [-0.2, 0) is 4.79 Å². The number of likely N-dealkylation sites (tertiary alicyclic amines) is 1. The summed E-state index contributed by atoms with van der Waals surface area (Å²) in [5, 5.41) is 3.56. The highest BCUT2D eigenvalue weighted by Crippen LogP contribution is 2.29. The molecule has 0 spiro atoms. The lowest BCUT2D eigenvalue weighted by Gasteiger charge is -2.33. The third kappa shape index (κ3) is 2.40. The highest BCUT2D eigenvalue weighted by atomic mass is 16.2. The van der Waals surface area contributed by atoms with Gasteiger partial charge in [0.2, 0.25) is 5.91 Å². The van der Waals surface area contributed by atoms with Gasteiger partial charge < -0.3 is 10.2 Å². The lowest BCUT2D eigenvalue weighted by atomic mass is 9.79. The van der Waals surface area contributed by atoms with E-state index in [2.05, 4.69) is 19.2 Å². The molecule has 4 unspecified atom stereocenters. The smallest absolute Gasteiger partial charge is 0.239 e. The summed E-state index contributed by atoms with van der Waals surface area (Å²) in [6.45, 7) is 5.59. The van der Waals surface area contributed by atoms with Crippen LogP contribution in [0.15, 0.2) is 0 Å². The number of carbonyl (C=O) groups excluding carboxylic acids is 1. The molecule has 0 aromatic carbocycles. The Hall–Kier alpha value is -0.570. The van der Waals surface area contributed by atoms with Gasteiger partial charge in [-0.3, -0.25) is 4.79 Å². The zero-order chi connectivity index (χ0) is 11.7. The van der Waals surface area contributed by atoms with Gasteiger partial charge in [0.05, 0.1) is 6.04 Å². The molecule has 1 saturated heterocycles. The van der Waals surface area contributed by atoms with E-state index in [1.54, 1.807) is 0 Å². The quantitative estimate of drug-likeness (QED) is 0.773. The molecule has 0 bridgehead atoms. The molecule has 92 valence electrons. The van der Waals surface area contributed by atoms with Crippen LogP contribution < -0.4 is 5.32 Å². The molecule has 16 heavy (non-hydrogen) atoms. The average molecular weight is 224 g/mol. The van der Waals surface area contributed by atoms with E-state index < -0.39 is 0 Å². The fourth-order valence-electron chi connectivity index (χ4n) is 2.96. The molecular weight excluding hydrogens is 200 g/mol. The van der Waals surface area contributed by atoms with Gasteiger partial charge in [-0.2, -0.15) is 0 Å². The van der Waals surface area contributed by atoms with E-state index in [-0.39, 0.29) is 11.9 Å². The Morgan fingerprint density at radius 2 is 1.94 bits per heavy atom. The molecule has 2 rings (SSSR count). The Morgan fingerprint density at radius 1 is 1.19 bits per heavy atom. The maximum absolute atomic E-state index is 11.8. The molecule has 1 aliphatic carbocycles. The van der Waals surface area contributed by atoms with Crippen LogP contribution in [0.5, 0.6) is 0 Å². The number of nitrogens with one attached hydrogen (secondary N) is 1. The number of hydrogen-bond acceptors (Lipinski definition) is 2. The van der Waals surface area contributed by atoms with Crippen molar-refractivity contribution in [3.8, 4) is 0 Å². The second-order valence-corrected chi connectivity index (χ2v) is 5.73. The standard InChI is InChI=1S/C13H24N2O/c1-9-4-5-11(8-10(9)2)14-12-6-7-15(3)13(12)16/h9-12,14H,4-8H2,1-3H3. The molecule has 0 aromatic rings. The third-order valence-electron chi connectivity index (χ3n) is 4.46. The fourth-order valence-corrected chi connectivity index (χ4v) is 2.96. The van der Waals surface area contributed by atoms with Crippen molar-refractivity contribution in [1.29, 1.82) is 0 Å². The predicted octanol–water partition coefficient (Wildman–Crippen LogP) is 1.63. The highest BCUT2D eigenvalue weighted by molar-refractivity contribution is 5.83. The van der Waals surface area contributed by atoms with Crippen molar-refractivity contribution < 1.29 is 4.79 Å². The van der Waals surface area contributed by atoms with Gasteiger partial charge in [-0.1, -0.05) is 13.8 Å². The zero-order valence-electron chi connectivity index (χ0n) is 10.7. The van der Waals surface area contributed by atoms with Gasteiger partial charge in [0.15, 0.2) is 0 Å². The molecular formula is C13H24N2O. The van der Waals surface area contributed by atoms with E-state index in [9.17, 15) is 4.79 Å². The van der Waals surface area contributed by atoms with Crippen LogP contribution in [0.3, 0.4) is 0 Å². The summed E-state index contributed by atoms with van der Waals surface area (Å²) in [6, 6.07) is 0.655. The first-order valence-corrected chi connectivity index (χ1v) is 6.59. The molecule has 0 aromatic heterocycles. The molecule has 3 nitrogen and oxygen atoms in total. The molecule has 0 radical (unpaired) electrons. The largest absolute Gasteiger partial charge is 0.344 e. The molecule has 3 heteroatoms. The second kappa shape index (κ2) is 4.74. The maximum Gasteiger partial charge on any atom is 0.239 e. The van der Waals surface area contributed by atoms with E-state index in [0.717, 1.165) is 24.8 Å².